The van der Waals surface area contributed by atoms with E-state index in [9.17, 15) is 4.79 Å². The van der Waals surface area contributed by atoms with Crippen LogP contribution < -0.4 is 11.2 Å². The number of fused-ring (bicyclic) bond motifs is 2. The third-order valence-electron chi connectivity index (χ3n) is 4.68. The van der Waals surface area contributed by atoms with Crippen LogP contribution in [0.1, 0.15) is 39.5 Å². The van der Waals surface area contributed by atoms with E-state index in [1.165, 1.54) is 19.3 Å². The standard InChI is InChI=1S/C12H21N3O/c1-12(2)9-4-3-8(7-9)10(12)5-6-14-15-11(13)16/h6,8-10H,3-5,7H2,1-2H3,(H3,13,15,16)/b14-6-/t8-,9-,10-/m0/s1. The molecule has 2 rings (SSSR count). The van der Waals surface area contributed by atoms with Crippen molar-refractivity contribution < 1.29 is 4.79 Å². The summed E-state index contributed by atoms with van der Waals surface area (Å²) < 4.78 is 0. The maximum atomic E-state index is 10.4. The van der Waals surface area contributed by atoms with Crippen LogP contribution in [0.3, 0.4) is 0 Å². The molecule has 0 unspecified atom stereocenters. The molecule has 2 saturated carbocycles. The summed E-state index contributed by atoms with van der Waals surface area (Å²) in [5, 5.41) is 3.83. The van der Waals surface area contributed by atoms with Crippen LogP contribution in [0.4, 0.5) is 4.79 Å². The van der Waals surface area contributed by atoms with E-state index >= 15 is 0 Å². The summed E-state index contributed by atoms with van der Waals surface area (Å²) in [6, 6.07) is -0.594. The van der Waals surface area contributed by atoms with Gasteiger partial charge in [-0.1, -0.05) is 13.8 Å². The van der Waals surface area contributed by atoms with Gasteiger partial charge in [0.2, 0.25) is 0 Å². The Balaban J connectivity index is 1.90. The summed E-state index contributed by atoms with van der Waals surface area (Å²) in [4.78, 5) is 10.4. The monoisotopic (exact) mass is 223 g/mol. The zero-order valence-electron chi connectivity index (χ0n) is 10.1. The summed E-state index contributed by atoms with van der Waals surface area (Å²) in [5.74, 6) is 2.46. The van der Waals surface area contributed by atoms with Gasteiger partial charge in [-0.25, -0.2) is 10.2 Å². The first-order valence-electron chi connectivity index (χ1n) is 6.08. The molecule has 2 amide bonds. The molecule has 2 aliphatic carbocycles. The minimum atomic E-state index is -0.594. The summed E-state index contributed by atoms with van der Waals surface area (Å²) in [6.45, 7) is 4.74. The topological polar surface area (TPSA) is 67.5 Å². The molecule has 0 radical (unpaired) electrons. The Labute approximate surface area is 96.7 Å². The van der Waals surface area contributed by atoms with Gasteiger partial charge in [-0.2, -0.15) is 5.10 Å². The SMILES string of the molecule is CC1(C)[C@H]2CC[C@@H](C2)[C@@H]1C/C=N\NC(N)=O. The molecule has 3 N–H and O–H groups in total. The van der Waals surface area contributed by atoms with E-state index in [0.29, 0.717) is 11.3 Å². The number of hydrazone groups is 1. The molecule has 2 fully saturated rings. The van der Waals surface area contributed by atoms with Gasteiger partial charge in [-0.3, -0.25) is 0 Å². The third kappa shape index (κ3) is 1.93. The van der Waals surface area contributed by atoms with E-state index < -0.39 is 6.03 Å². The molecule has 2 aliphatic rings. The number of amides is 2. The van der Waals surface area contributed by atoms with Crippen LogP contribution in [0, 0.1) is 23.2 Å². The second-order valence-electron chi connectivity index (χ2n) is 5.72. The van der Waals surface area contributed by atoms with Gasteiger partial charge in [0.15, 0.2) is 0 Å². The number of carbonyl (C=O) groups excluding carboxylic acids is 1. The fourth-order valence-corrected chi connectivity index (χ4v) is 3.74. The fraction of sp³-hybridized carbons (Fsp3) is 0.833. The molecular weight excluding hydrogens is 202 g/mol. The third-order valence-corrected chi connectivity index (χ3v) is 4.68. The number of urea groups is 1. The lowest BCUT2D eigenvalue weighted by atomic mass is 9.68. The van der Waals surface area contributed by atoms with Gasteiger partial charge in [0.05, 0.1) is 0 Å². The zero-order chi connectivity index (χ0) is 11.8. The molecule has 0 aromatic carbocycles. The Kier molecular flexibility index (Phi) is 2.91. The highest BCUT2D eigenvalue weighted by molar-refractivity contribution is 5.72. The Morgan fingerprint density at radius 3 is 2.88 bits per heavy atom. The van der Waals surface area contributed by atoms with Crippen LogP contribution in [0.25, 0.3) is 0 Å². The second-order valence-corrected chi connectivity index (χ2v) is 5.72. The van der Waals surface area contributed by atoms with Crippen molar-refractivity contribution in [1.82, 2.24) is 5.43 Å². The molecule has 0 heterocycles. The molecule has 0 saturated heterocycles. The van der Waals surface area contributed by atoms with E-state index in [1.54, 1.807) is 6.21 Å². The van der Waals surface area contributed by atoms with E-state index in [1.807, 2.05) is 0 Å². The molecule has 16 heavy (non-hydrogen) atoms. The van der Waals surface area contributed by atoms with Crippen molar-refractivity contribution in [2.75, 3.05) is 0 Å². The van der Waals surface area contributed by atoms with Crippen LogP contribution in [0.5, 0.6) is 0 Å². The van der Waals surface area contributed by atoms with E-state index in [2.05, 4.69) is 24.4 Å². The number of nitrogens with one attached hydrogen (secondary N) is 1. The number of rotatable bonds is 3. The van der Waals surface area contributed by atoms with E-state index in [4.69, 9.17) is 5.73 Å². The molecule has 0 aromatic rings. The quantitative estimate of drug-likeness (QED) is 0.558. The number of hydrogen-bond acceptors (Lipinski definition) is 2. The van der Waals surface area contributed by atoms with Crippen LogP contribution in [0.2, 0.25) is 0 Å². The maximum Gasteiger partial charge on any atom is 0.332 e. The summed E-state index contributed by atoms with van der Waals surface area (Å²) >= 11 is 0. The van der Waals surface area contributed by atoms with E-state index in [0.717, 1.165) is 18.3 Å². The number of primary amides is 1. The molecule has 3 atom stereocenters. The largest absolute Gasteiger partial charge is 0.350 e. The normalized spacial score (nSPS) is 35.8. The van der Waals surface area contributed by atoms with E-state index in [-0.39, 0.29) is 0 Å². The zero-order valence-corrected chi connectivity index (χ0v) is 10.1. The number of hydrogen-bond donors (Lipinski definition) is 2. The van der Waals surface area contributed by atoms with Crippen molar-refractivity contribution in [3.8, 4) is 0 Å². The minimum Gasteiger partial charge on any atom is -0.350 e. The van der Waals surface area contributed by atoms with Gasteiger partial charge in [0.25, 0.3) is 0 Å². The molecule has 0 aromatic heterocycles. The first kappa shape index (κ1) is 11.4. The van der Waals surface area contributed by atoms with Crippen molar-refractivity contribution in [2.45, 2.75) is 39.5 Å². The van der Waals surface area contributed by atoms with Gasteiger partial charge in [-0.15, -0.1) is 0 Å². The van der Waals surface area contributed by atoms with Gasteiger partial charge < -0.3 is 5.73 Å². The average Bonchev–Trinajstić information content (AvgIpc) is 2.72. The summed E-state index contributed by atoms with van der Waals surface area (Å²) in [6.07, 6.45) is 6.90. The maximum absolute atomic E-state index is 10.4. The lowest BCUT2D eigenvalue weighted by Gasteiger charge is -2.37. The first-order chi connectivity index (χ1) is 7.51. The van der Waals surface area contributed by atoms with Crippen LogP contribution in [0.15, 0.2) is 5.10 Å². The minimum absolute atomic E-state index is 0.432. The molecule has 4 nitrogen and oxygen atoms in total. The second kappa shape index (κ2) is 4.07. The number of nitrogens with two attached hydrogens (primary N) is 1. The van der Waals surface area contributed by atoms with Crippen molar-refractivity contribution in [3.05, 3.63) is 0 Å². The van der Waals surface area contributed by atoms with Crippen LogP contribution in [-0.4, -0.2) is 12.2 Å². The molecular formula is C12H21N3O. The molecule has 0 spiro atoms. The van der Waals surface area contributed by atoms with Crippen molar-refractivity contribution >= 4 is 12.2 Å². The summed E-state index contributed by atoms with van der Waals surface area (Å²) in [5.41, 5.74) is 7.62. The molecule has 90 valence electrons. The van der Waals surface area contributed by atoms with Crippen LogP contribution in [-0.2, 0) is 0 Å². The van der Waals surface area contributed by atoms with Crippen molar-refractivity contribution in [2.24, 2.45) is 34.0 Å². The Bertz CT molecular complexity index is 311. The highest BCUT2D eigenvalue weighted by Crippen LogP contribution is 2.60. The highest BCUT2D eigenvalue weighted by Gasteiger charge is 2.51. The predicted molar refractivity (Wildman–Crippen MR) is 63.9 cm³/mol. The highest BCUT2D eigenvalue weighted by atomic mass is 16.2. The van der Waals surface area contributed by atoms with Crippen LogP contribution >= 0.6 is 0 Å². The first-order valence-corrected chi connectivity index (χ1v) is 6.08. The van der Waals surface area contributed by atoms with Gasteiger partial charge in [0.1, 0.15) is 0 Å². The van der Waals surface area contributed by atoms with Gasteiger partial charge >= 0.3 is 6.03 Å². The van der Waals surface area contributed by atoms with Crippen molar-refractivity contribution in [3.63, 3.8) is 0 Å². The predicted octanol–water partition coefficient (Wildman–Crippen LogP) is 2.10. The smallest absolute Gasteiger partial charge is 0.332 e. The molecule has 0 aliphatic heterocycles. The molecule has 2 bridgehead atoms. The van der Waals surface area contributed by atoms with Gasteiger partial charge in [-0.05, 0) is 48.9 Å². The van der Waals surface area contributed by atoms with Crippen molar-refractivity contribution in [1.29, 1.82) is 0 Å². The van der Waals surface area contributed by atoms with Gasteiger partial charge in [0, 0.05) is 6.21 Å². The number of nitrogens with zero attached hydrogens (tertiary/aromatic N) is 1. The lowest BCUT2D eigenvalue weighted by Crippen LogP contribution is -2.31. The Morgan fingerprint density at radius 1 is 1.56 bits per heavy atom. The number of carbonyl (C=O) groups is 1. The molecule has 4 heteroatoms. The average molecular weight is 223 g/mol. The fourth-order valence-electron chi connectivity index (χ4n) is 3.74. The Morgan fingerprint density at radius 2 is 2.31 bits per heavy atom. The lowest BCUT2D eigenvalue weighted by molar-refractivity contribution is 0.129. The summed E-state index contributed by atoms with van der Waals surface area (Å²) in [7, 11) is 0. The Hall–Kier alpha value is -1.06.